The maximum absolute atomic E-state index is 15.2. The van der Waals surface area contributed by atoms with Crippen molar-refractivity contribution < 1.29 is 40.6 Å². The first-order valence-electron chi connectivity index (χ1n) is 13.7. The van der Waals surface area contributed by atoms with Gasteiger partial charge >= 0.3 is 12.3 Å². The zero-order chi connectivity index (χ0) is 32.2. The molecule has 2 heterocycles. The van der Waals surface area contributed by atoms with Crippen LogP contribution in [-0.2, 0) is 22.4 Å². The Morgan fingerprint density at radius 3 is 2.55 bits per heavy atom. The van der Waals surface area contributed by atoms with Crippen molar-refractivity contribution in [2.24, 2.45) is 0 Å². The molecule has 0 radical (unpaired) electrons. The second-order valence-electron chi connectivity index (χ2n) is 11.2. The second-order valence-corrected chi connectivity index (χ2v) is 12.2. The number of nitrogens with zero attached hydrogens (tertiary/aromatic N) is 2. The SMILES string of the molecule is COc1cc(S(=O)O)ccc1NCC#Cc1cc2c(N[C@H]3CCN(C(=O)OC(C)(C)C)C[C@H]3F)cccc2n1CC(F)(F)F. The minimum atomic E-state index is -4.52. The Kier molecular flexibility index (Phi) is 10.00. The molecule has 1 fully saturated rings. The number of methoxy groups -OCH3 is 1. The van der Waals surface area contributed by atoms with E-state index >= 15 is 4.39 Å². The molecule has 9 nitrogen and oxygen atoms in total. The van der Waals surface area contributed by atoms with Crippen LogP contribution in [-0.4, -0.2) is 75.1 Å². The molecule has 0 spiro atoms. The van der Waals surface area contributed by atoms with Crippen LogP contribution in [0.4, 0.5) is 33.7 Å². The van der Waals surface area contributed by atoms with E-state index < -0.39 is 47.7 Å². The van der Waals surface area contributed by atoms with Gasteiger partial charge in [0.15, 0.2) is 11.1 Å². The fourth-order valence-corrected chi connectivity index (χ4v) is 5.22. The van der Waals surface area contributed by atoms with E-state index in [1.165, 1.54) is 30.2 Å². The minimum absolute atomic E-state index is 0.0380. The standard InChI is InChI=1S/C30H34F4N4O5S/c1-29(2,3)43-28(39)37-14-12-24(22(31)17-37)36-23-8-5-9-26-21(23)15-19(38(26)18-30(32,33)34)7-6-13-35-25-11-10-20(44(40)41)16-27(25)42-4/h5,8-11,15-16,22,24,35-36H,12-14,17-18H2,1-4H3,(H,40,41)/t22-,24+/m1/s1. The highest BCUT2D eigenvalue weighted by Crippen LogP contribution is 2.32. The van der Waals surface area contributed by atoms with Crippen LogP contribution in [0.15, 0.2) is 47.4 Å². The highest BCUT2D eigenvalue weighted by Gasteiger charge is 2.34. The highest BCUT2D eigenvalue weighted by molar-refractivity contribution is 7.79. The zero-order valence-electron chi connectivity index (χ0n) is 24.6. The molecule has 238 valence electrons. The number of hydrogen-bond donors (Lipinski definition) is 3. The van der Waals surface area contributed by atoms with Crippen LogP contribution in [0.1, 0.15) is 32.9 Å². The van der Waals surface area contributed by atoms with Gasteiger partial charge in [-0.25, -0.2) is 13.4 Å². The number of rotatable bonds is 7. The molecule has 3 N–H and O–H groups in total. The van der Waals surface area contributed by atoms with Crippen molar-refractivity contribution in [1.82, 2.24) is 9.47 Å². The van der Waals surface area contributed by atoms with Crippen LogP contribution in [0.25, 0.3) is 10.9 Å². The summed E-state index contributed by atoms with van der Waals surface area (Å²) in [6, 6.07) is 10.0. The fourth-order valence-electron chi connectivity index (χ4n) is 4.82. The second kappa shape index (κ2) is 13.4. The molecule has 3 aromatic rings. The summed E-state index contributed by atoms with van der Waals surface area (Å²) in [5.74, 6) is 5.92. The van der Waals surface area contributed by atoms with E-state index in [2.05, 4.69) is 22.5 Å². The molecular weight excluding hydrogens is 604 g/mol. The number of halogens is 4. The van der Waals surface area contributed by atoms with E-state index in [1.807, 2.05) is 0 Å². The Morgan fingerprint density at radius 2 is 1.91 bits per heavy atom. The van der Waals surface area contributed by atoms with Crippen LogP contribution in [0, 0.1) is 11.8 Å². The van der Waals surface area contributed by atoms with Crippen LogP contribution >= 0.6 is 0 Å². The first-order valence-corrected chi connectivity index (χ1v) is 14.8. The third-order valence-corrected chi connectivity index (χ3v) is 7.43. The summed E-state index contributed by atoms with van der Waals surface area (Å²) in [6.07, 6.45) is -6.28. The summed E-state index contributed by atoms with van der Waals surface area (Å²) in [5.41, 5.74) is 0.615. The molecule has 0 bridgehead atoms. The van der Waals surface area contributed by atoms with E-state index in [4.69, 9.17) is 9.47 Å². The molecule has 1 unspecified atom stereocenters. The van der Waals surface area contributed by atoms with Gasteiger partial charge in [0.05, 0.1) is 48.0 Å². The van der Waals surface area contributed by atoms with Crippen molar-refractivity contribution in [2.45, 2.75) is 62.6 Å². The summed E-state index contributed by atoms with van der Waals surface area (Å²) >= 11 is -2.19. The van der Waals surface area contributed by atoms with Gasteiger partial charge in [0.2, 0.25) is 0 Å². The van der Waals surface area contributed by atoms with Crippen molar-refractivity contribution in [3.05, 3.63) is 48.2 Å². The molecule has 1 saturated heterocycles. The number of carbonyl (C=O) groups excluding carboxylic acids is 1. The van der Waals surface area contributed by atoms with Crippen LogP contribution in [0.3, 0.4) is 0 Å². The number of nitrogens with one attached hydrogen (secondary N) is 2. The monoisotopic (exact) mass is 638 g/mol. The average molecular weight is 639 g/mol. The Hall–Kier alpha value is -3.96. The van der Waals surface area contributed by atoms with Crippen molar-refractivity contribution in [2.75, 3.05) is 37.4 Å². The average Bonchev–Trinajstić information content (AvgIpc) is 3.27. The Balaban J connectivity index is 1.55. The summed E-state index contributed by atoms with van der Waals surface area (Å²) in [5, 5.41) is 6.58. The largest absolute Gasteiger partial charge is 0.495 e. The van der Waals surface area contributed by atoms with Gasteiger partial charge in [-0.3, -0.25) is 0 Å². The van der Waals surface area contributed by atoms with Gasteiger partial charge in [-0.1, -0.05) is 12.0 Å². The maximum Gasteiger partial charge on any atom is 0.410 e. The van der Waals surface area contributed by atoms with Gasteiger partial charge in [-0.2, -0.15) is 13.2 Å². The Bertz CT molecular complexity index is 1590. The van der Waals surface area contributed by atoms with Gasteiger partial charge in [-0.15, -0.1) is 0 Å². The number of piperidine rings is 1. The zero-order valence-corrected chi connectivity index (χ0v) is 25.4. The van der Waals surface area contributed by atoms with Crippen LogP contribution in [0.5, 0.6) is 5.75 Å². The predicted octanol–water partition coefficient (Wildman–Crippen LogP) is 6.02. The van der Waals surface area contributed by atoms with E-state index in [1.54, 1.807) is 45.0 Å². The van der Waals surface area contributed by atoms with Crippen molar-refractivity contribution >= 4 is 39.5 Å². The van der Waals surface area contributed by atoms with Crippen molar-refractivity contribution in [3.63, 3.8) is 0 Å². The van der Waals surface area contributed by atoms with Crippen molar-refractivity contribution in [1.29, 1.82) is 0 Å². The highest BCUT2D eigenvalue weighted by atomic mass is 32.2. The molecule has 1 aromatic heterocycles. The van der Waals surface area contributed by atoms with E-state index in [-0.39, 0.29) is 42.2 Å². The summed E-state index contributed by atoms with van der Waals surface area (Å²) in [6.45, 7) is 4.03. The molecule has 44 heavy (non-hydrogen) atoms. The number of carbonyl (C=O) groups is 1. The number of likely N-dealkylation sites (tertiary alicyclic amines) is 1. The number of ether oxygens (including phenoxy) is 2. The van der Waals surface area contributed by atoms with Gasteiger partial charge in [0, 0.05) is 23.7 Å². The molecule has 1 aliphatic rings. The lowest BCUT2D eigenvalue weighted by molar-refractivity contribution is -0.140. The molecule has 2 aromatic carbocycles. The lowest BCUT2D eigenvalue weighted by atomic mass is 10.0. The topological polar surface area (TPSA) is 105 Å². The van der Waals surface area contributed by atoms with E-state index in [0.717, 1.165) is 4.57 Å². The predicted molar refractivity (Wildman–Crippen MR) is 160 cm³/mol. The summed E-state index contributed by atoms with van der Waals surface area (Å²) in [7, 11) is 1.40. The quantitative estimate of drug-likeness (QED) is 0.165. The molecule has 0 saturated carbocycles. The minimum Gasteiger partial charge on any atom is -0.495 e. The molecule has 1 aliphatic heterocycles. The Labute approximate surface area is 255 Å². The molecule has 14 heteroatoms. The molecular formula is C30H34F4N4O5S. The first kappa shape index (κ1) is 32.9. The fraction of sp³-hybridized carbons (Fsp3) is 0.433. The maximum atomic E-state index is 15.2. The van der Waals surface area contributed by atoms with Gasteiger partial charge in [0.25, 0.3) is 0 Å². The van der Waals surface area contributed by atoms with Crippen LogP contribution < -0.4 is 15.4 Å². The third kappa shape index (κ3) is 8.35. The third-order valence-electron chi connectivity index (χ3n) is 6.78. The molecule has 3 atom stereocenters. The number of hydrogen-bond acceptors (Lipinski definition) is 6. The first-order chi connectivity index (χ1) is 20.6. The lowest BCUT2D eigenvalue weighted by Gasteiger charge is -2.36. The van der Waals surface area contributed by atoms with E-state index in [9.17, 15) is 26.7 Å². The molecule has 0 aliphatic carbocycles. The lowest BCUT2D eigenvalue weighted by Crippen LogP contribution is -2.51. The molecule has 4 rings (SSSR count). The van der Waals surface area contributed by atoms with Crippen molar-refractivity contribution in [3.8, 4) is 17.6 Å². The van der Waals surface area contributed by atoms with Gasteiger partial charge < -0.3 is 34.1 Å². The number of fused-ring (bicyclic) bond motifs is 1. The smallest absolute Gasteiger partial charge is 0.410 e. The number of amides is 1. The normalized spacial score (nSPS) is 17.9. The van der Waals surface area contributed by atoms with Gasteiger partial charge in [-0.05, 0) is 63.4 Å². The number of aromatic nitrogens is 1. The number of benzene rings is 2. The number of alkyl halides is 4. The summed E-state index contributed by atoms with van der Waals surface area (Å²) in [4.78, 5) is 13.8. The summed E-state index contributed by atoms with van der Waals surface area (Å²) < 4.78 is 88.3. The van der Waals surface area contributed by atoms with Crippen LogP contribution in [0.2, 0.25) is 0 Å². The number of anilines is 2. The van der Waals surface area contributed by atoms with Gasteiger partial charge in [0.1, 0.15) is 24.1 Å². The Morgan fingerprint density at radius 1 is 1.16 bits per heavy atom. The molecule has 1 amide bonds. The van der Waals surface area contributed by atoms with E-state index in [0.29, 0.717) is 22.5 Å².